The third-order valence-corrected chi connectivity index (χ3v) is 2.71. The molecule has 0 aliphatic carbocycles. The minimum atomic E-state index is 0.155. The number of hydrogen-bond donors (Lipinski definition) is 1. The first kappa shape index (κ1) is 10.9. The molecule has 0 aliphatic heterocycles. The van der Waals surface area contributed by atoms with Crippen molar-refractivity contribution in [3.05, 3.63) is 35.4 Å². The molecule has 0 amide bonds. The Morgan fingerprint density at radius 3 is 2.44 bits per heavy atom. The summed E-state index contributed by atoms with van der Waals surface area (Å²) in [6.45, 7) is 2.02. The van der Waals surface area contributed by atoms with E-state index in [1.807, 2.05) is 56.0 Å². The van der Waals surface area contributed by atoms with Crippen LogP contribution in [0, 0.1) is 6.92 Å². The van der Waals surface area contributed by atoms with Crippen molar-refractivity contribution in [2.75, 3.05) is 7.05 Å². The molecule has 1 atom stereocenters. The molecule has 0 fully saturated rings. The standard InChI is InChI=1S/C11H17N5/c1-8-10(7-16(4)14-8)11(12-2)9-5-13-15(3)6-9/h5-7,11-12H,1-4H3. The number of aryl methyl sites for hydroxylation is 3. The van der Waals surface area contributed by atoms with Gasteiger partial charge in [0.1, 0.15) is 0 Å². The topological polar surface area (TPSA) is 47.7 Å². The van der Waals surface area contributed by atoms with Gasteiger partial charge in [0.2, 0.25) is 0 Å². The molecule has 0 aliphatic rings. The second-order valence-corrected chi connectivity index (χ2v) is 4.01. The Balaban J connectivity index is 2.40. The number of aromatic nitrogens is 4. The number of hydrogen-bond acceptors (Lipinski definition) is 3. The SMILES string of the molecule is CNC(c1cnn(C)c1)c1cn(C)nc1C. The van der Waals surface area contributed by atoms with Crippen molar-refractivity contribution >= 4 is 0 Å². The third-order valence-electron chi connectivity index (χ3n) is 2.71. The van der Waals surface area contributed by atoms with Crippen molar-refractivity contribution in [2.24, 2.45) is 14.1 Å². The van der Waals surface area contributed by atoms with E-state index < -0.39 is 0 Å². The summed E-state index contributed by atoms with van der Waals surface area (Å²) in [5, 5.41) is 11.9. The highest BCUT2D eigenvalue weighted by molar-refractivity contribution is 5.30. The smallest absolute Gasteiger partial charge is 0.0644 e. The molecule has 2 aromatic heterocycles. The maximum Gasteiger partial charge on any atom is 0.0644 e. The van der Waals surface area contributed by atoms with Gasteiger partial charge in [-0.2, -0.15) is 10.2 Å². The zero-order valence-corrected chi connectivity index (χ0v) is 10.1. The minimum Gasteiger partial charge on any atom is -0.309 e. The zero-order valence-electron chi connectivity index (χ0n) is 10.1. The molecule has 16 heavy (non-hydrogen) atoms. The van der Waals surface area contributed by atoms with Crippen LogP contribution in [0.1, 0.15) is 22.9 Å². The second-order valence-electron chi connectivity index (χ2n) is 4.01. The highest BCUT2D eigenvalue weighted by atomic mass is 15.3. The fraction of sp³-hybridized carbons (Fsp3) is 0.455. The highest BCUT2D eigenvalue weighted by Crippen LogP contribution is 2.23. The molecule has 0 bridgehead atoms. The molecule has 2 aromatic rings. The minimum absolute atomic E-state index is 0.155. The van der Waals surface area contributed by atoms with Gasteiger partial charge in [-0.1, -0.05) is 0 Å². The summed E-state index contributed by atoms with van der Waals surface area (Å²) in [5.41, 5.74) is 3.39. The van der Waals surface area contributed by atoms with Crippen molar-refractivity contribution in [1.29, 1.82) is 0 Å². The quantitative estimate of drug-likeness (QED) is 0.829. The monoisotopic (exact) mass is 219 g/mol. The van der Waals surface area contributed by atoms with E-state index in [-0.39, 0.29) is 6.04 Å². The normalized spacial score (nSPS) is 13.0. The van der Waals surface area contributed by atoms with Crippen LogP contribution in [0.25, 0.3) is 0 Å². The molecule has 0 aromatic carbocycles. The predicted molar refractivity (Wildman–Crippen MR) is 62.1 cm³/mol. The molecule has 5 heteroatoms. The van der Waals surface area contributed by atoms with Gasteiger partial charge in [0.15, 0.2) is 0 Å². The molecule has 5 nitrogen and oxygen atoms in total. The van der Waals surface area contributed by atoms with Gasteiger partial charge < -0.3 is 5.32 Å². The van der Waals surface area contributed by atoms with E-state index in [1.165, 1.54) is 5.56 Å². The van der Waals surface area contributed by atoms with Crippen molar-refractivity contribution in [3.63, 3.8) is 0 Å². The Hall–Kier alpha value is -1.62. The summed E-state index contributed by atoms with van der Waals surface area (Å²) in [6.07, 6.45) is 5.95. The van der Waals surface area contributed by atoms with Gasteiger partial charge in [-0.15, -0.1) is 0 Å². The zero-order chi connectivity index (χ0) is 11.7. The van der Waals surface area contributed by atoms with Crippen LogP contribution in [-0.2, 0) is 14.1 Å². The van der Waals surface area contributed by atoms with E-state index in [2.05, 4.69) is 15.5 Å². The summed E-state index contributed by atoms with van der Waals surface area (Å²) in [6, 6.07) is 0.155. The fourth-order valence-corrected chi connectivity index (χ4v) is 1.99. The molecule has 0 spiro atoms. The first-order valence-electron chi connectivity index (χ1n) is 5.27. The van der Waals surface area contributed by atoms with E-state index in [9.17, 15) is 0 Å². The van der Waals surface area contributed by atoms with E-state index in [0.29, 0.717) is 0 Å². The maximum absolute atomic E-state index is 4.36. The van der Waals surface area contributed by atoms with Crippen LogP contribution in [0.2, 0.25) is 0 Å². The van der Waals surface area contributed by atoms with Crippen LogP contribution < -0.4 is 5.32 Å². The van der Waals surface area contributed by atoms with E-state index in [1.54, 1.807) is 0 Å². The van der Waals surface area contributed by atoms with Crippen LogP contribution in [0.5, 0.6) is 0 Å². The summed E-state index contributed by atoms with van der Waals surface area (Å²) >= 11 is 0. The average molecular weight is 219 g/mol. The number of nitrogens with zero attached hydrogens (tertiary/aromatic N) is 4. The van der Waals surface area contributed by atoms with Crippen LogP contribution in [0.3, 0.4) is 0 Å². The van der Waals surface area contributed by atoms with E-state index in [0.717, 1.165) is 11.3 Å². The van der Waals surface area contributed by atoms with E-state index >= 15 is 0 Å². The predicted octanol–water partition coefficient (Wildman–Crippen LogP) is 0.771. The van der Waals surface area contributed by atoms with E-state index in [4.69, 9.17) is 0 Å². The van der Waals surface area contributed by atoms with Gasteiger partial charge in [0.05, 0.1) is 17.9 Å². The third kappa shape index (κ3) is 1.86. The van der Waals surface area contributed by atoms with Crippen molar-refractivity contribution in [2.45, 2.75) is 13.0 Å². The van der Waals surface area contributed by atoms with Gasteiger partial charge >= 0.3 is 0 Å². The molecule has 2 rings (SSSR count). The largest absolute Gasteiger partial charge is 0.309 e. The molecule has 1 N–H and O–H groups in total. The van der Waals surface area contributed by atoms with Gasteiger partial charge in [0, 0.05) is 37.6 Å². The summed E-state index contributed by atoms with van der Waals surface area (Å²) < 4.78 is 3.65. The van der Waals surface area contributed by atoms with Crippen LogP contribution >= 0.6 is 0 Å². The molecule has 86 valence electrons. The Morgan fingerprint density at radius 2 is 2.00 bits per heavy atom. The van der Waals surface area contributed by atoms with Crippen molar-refractivity contribution in [1.82, 2.24) is 24.9 Å². The van der Waals surface area contributed by atoms with Crippen molar-refractivity contribution < 1.29 is 0 Å². The molecule has 0 radical (unpaired) electrons. The van der Waals surface area contributed by atoms with Crippen LogP contribution in [0.15, 0.2) is 18.6 Å². The fourth-order valence-electron chi connectivity index (χ4n) is 1.99. The molecule has 2 heterocycles. The Kier molecular flexibility index (Phi) is 2.78. The Bertz CT molecular complexity index is 482. The van der Waals surface area contributed by atoms with Gasteiger partial charge in [-0.3, -0.25) is 9.36 Å². The second kappa shape index (κ2) is 4.09. The van der Waals surface area contributed by atoms with Crippen LogP contribution in [-0.4, -0.2) is 26.6 Å². The lowest BCUT2D eigenvalue weighted by Gasteiger charge is -2.13. The van der Waals surface area contributed by atoms with Crippen molar-refractivity contribution in [3.8, 4) is 0 Å². The lowest BCUT2D eigenvalue weighted by Crippen LogP contribution is -2.17. The summed E-state index contributed by atoms with van der Waals surface area (Å²) in [4.78, 5) is 0. The Morgan fingerprint density at radius 1 is 1.25 bits per heavy atom. The molecule has 0 saturated carbocycles. The van der Waals surface area contributed by atoms with Gasteiger partial charge in [-0.05, 0) is 14.0 Å². The lowest BCUT2D eigenvalue weighted by atomic mass is 10.0. The molecule has 0 saturated heterocycles. The summed E-state index contributed by atoms with van der Waals surface area (Å²) in [5.74, 6) is 0. The van der Waals surface area contributed by atoms with Gasteiger partial charge in [-0.25, -0.2) is 0 Å². The average Bonchev–Trinajstić information content (AvgIpc) is 2.76. The van der Waals surface area contributed by atoms with Gasteiger partial charge in [0.25, 0.3) is 0 Å². The molecular weight excluding hydrogens is 202 g/mol. The highest BCUT2D eigenvalue weighted by Gasteiger charge is 2.17. The molecular formula is C11H17N5. The lowest BCUT2D eigenvalue weighted by molar-refractivity contribution is 0.684. The van der Waals surface area contributed by atoms with Crippen LogP contribution in [0.4, 0.5) is 0 Å². The first-order chi connectivity index (χ1) is 7.61. The number of rotatable bonds is 3. The summed E-state index contributed by atoms with van der Waals surface area (Å²) in [7, 11) is 5.81. The number of nitrogens with one attached hydrogen (secondary N) is 1. The Labute approximate surface area is 95.1 Å². The first-order valence-corrected chi connectivity index (χ1v) is 5.27. The molecule has 1 unspecified atom stereocenters. The maximum atomic E-state index is 4.36.